The van der Waals surface area contributed by atoms with Crippen LogP contribution in [0, 0.1) is 6.92 Å². The summed E-state index contributed by atoms with van der Waals surface area (Å²) in [7, 11) is 0.00641. The smallest absolute Gasteiger partial charge is 0.0698 e. The van der Waals surface area contributed by atoms with Crippen molar-refractivity contribution >= 4 is 10.3 Å². The Balaban J connectivity index is 2.25. The Morgan fingerprint density at radius 3 is 2.39 bits per heavy atom. The van der Waals surface area contributed by atoms with Crippen molar-refractivity contribution in [1.82, 2.24) is 0 Å². The van der Waals surface area contributed by atoms with Crippen LogP contribution in [-0.2, 0) is 4.74 Å². The van der Waals surface area contributed by atoms with E-state index in [9.17, 15) is 4.55 Å². The predicted molar refractivity (Wildman–Crippen MR) is 78.6 cm³/mol. The van der Waals surface area contributed by atoms with Gasteiger partial charge in [-0.15, -0.1) is 10.3 Å². The van der Waals surface area contributed by atoms with Crippen LogP contribution in [0.2, 0.25) is 0 Å². The van der Waals surface area contributed by atoms with Crippen molar-refractivity contribution in [3.8, 4) is 0 Å². The molecule has 2 nitrogen and oxygen atoms in total. The summed E-state index contributed by atoms with van der Waals surface area (Å²) in [5.74, 6) is 0. The predicted octanol–water partition coefficient (Wildman–Crippen LogP) is 4.22. The second-order valence-corrected chi connectivity index (χ2v) is 8.30. The topological polar surface area (TPSA) is 29.5 Å². The van der Waals surface area contributed by atoms with Crippen molar-refractivity contribution in [2.75, 3.05) is 13.4 Å². The SMILES string of the molecule is COC1CCCCC1S(C)(O)c1ccc(C)cc1. The fraction of sp³-hybridized carbons (Fsp3) is 0.600. The molecule has 1 saturated carbocycles. The highest BCUT2D eigenvalue weighted by atomic mass is 32.3. The fourth-order valence-corrected chi connectivity index (χ4v) is 5.35. The van der Waals surface area contributed by atoms with Gasteiger partial charge in [-0.3, -0.25) is 0 Å². The van der Waals surface area contributed by atoms with Gasteiger partial charge in [0.25, 0.3) is 0 Å². The summed E-state index contributed by atoms with van der Waals surface area (Å²) in [6.45, 7) is 2.08. The molecule has 102 valence electrons. The molecule has 3 unspecified atom stereocenters. The molecule has 2 rings (SSSR count). The van der Waals surface area contributed by atoms with Crippen molar-refractivity contribution in [2.45, 2.75) is 48.9 Å². The minimum Gasteiger partial charge on any atom is -0.380 e. The lowest BCUT2D eigenvalue weighted by molar-refractivity contribution is 0.0736. The van der Waals surface area contributed by atoms with Crippen molar-refractivity contribution in [3.63, 3.8) is 0 Å². The lowest BCUT2D eigenvalue weighted by Crippen LogP contribution is -2.35. The molecule has 0 saturated heterocycles. The number of hydrogen-bond acceptors (Lipinski definition) is 2. The molecule has 0 heterocycles. The lowest BCUT2D eigenvalue weighted by Gasteiger charge is -2.44. The van der Waals surface area contributed by atoms with E-state index in [1.807, 2.05) is 6.26 Å². The van der Waals surface area contributed by atoms with Gasteiger partial charge in [0, 0.05) is 17.3 Å². The molecule has 1 N–H and O–H groups in total. The third-order valence-electron chi connectivity index (χ3n) is 4.03. The number of rotatable bonds is 3. The summed E-state index contributed by atoms with van der Waals surface area (Å²) in [5, 5.41) is 0.277. The second-order valence-electron chi connectivity index (χ2n) is 5.35. The van der Waals surface area contributed by atoms with E-state index in [0.29, 0.717) is 0 Å². The molecule has 0 amide bonds. The average Bonchev–Trinajstić information content (AvgIpc) is 2.39. The Morgan fingerprint density at radius 2 is 1.78 bits per heavy atom. The number of methoxy groups -OCH3 is 1. The van der Waals surface area contributed by atoms with Crippen LogP contribution in [0.3, 0.4) is 0 Å². The maximum absolute atomic E-state index is 11.0. The van der Waals surface area contributed by atoms with E-state index in [1.54, 1.807) is 7.11 Å². The molecule has 0 aromatic heterocycles. The maximum Gasteiger partial charge on any atom is 0.0698 e. The number of aryl methyl sites for hydroxylation is 1. The fourth-order valence-electron chi connectivity index (χ4n) is 2.85. The highest BCUT2D eigenvalue weighted by Gasteiger charge is 2.36. The number of ether oxygens (including phenoxy) is 1. The van der Waals surface area contributed by atoms with Crippen LogP contribution >= 0.6 is 10.3 Å². The van der Waals surface area contributed by atoms with Crippen LogP contribution in [0.1, 0.15) is 31.2 Å². The Hall–Kier alpha value is -0.510. The third kappa shape index (κ3) is 2.73. The summed E-state index contributed by atoms with van der Waals surface area (Å²) >= 11 is 0. The van der Waals surface area contributed by atoms with E-state index in [1.165, 1.54) is 18.4 Å². The molecule has 18 heavy (non-hydrogen) atoms. The van der Waals surface area contributed by atoms with Gasteiger partial charge >= 0.3 is 0 Å². The van der Waals surface area contributed by atoms with Gasteiger partial charge in [0.1, 0.15) is 0 Å². The third-order valence-corrected chi connectivity index (χ3v) is 6.98. The first-order valence-corrected chi connectivity index (χ1v) is 8.71. The first-order valence-electron chi connectivity index (χ1n) is 6.65. The van der Waals surface area contributed by atoms with Crippen molar-refractivity contribution in [2.24, 2.45) is 0 Å². The Morgan fingerprint density at radius 1 is 1.17 bits per heavy atom. The van der Waals surface area contributed by atoms with Gasteiger partial charge in [0.2, 0.25) is 0 Å². The summed E-state index contributed by atoms with van der Waals surface area (Å²) in [5.41, 5.74) is 1.24. The molecule has 0 bridgehead atoms. The number of hydrogen-bond donors (Lipinski definition) is 1. The normalized spacial score (nSPS) is 29.6. The lowest BCUT2D eigenvalue weighted by atomic mass is 9.97. The molecular formula is C15H24O2S. The zero-order valence-electron chi connectivity index (χ0n) is 11.6. The van der Waals surface area contributed by atoms with Gasteiger partial charge < -0.3 is 9.29 Å². The summed E-state index contributed by atoms with van der Waals surface area (Å²) in [6, 6.07) is 8.32. The van der Waals surface area contributed by atoms with Crippen LogP contribution < -0.4 is 0 Å². The minimum absolute atomic E-state index is 0.213. The summed E-state index contributed by atoms with van der Waals surface area (Å²) in [4.78, 5) is 1.09. The highest BCUT2D eigenvalue weighted by molar-refractivity contribution is 8.29. The van der Waals surface area contributed by atoms with Crippen molar-refractivity contribution < 1.29 is 9.29 Å². The molecule has 1 aliphatic carbocycles. The van der Waals surface area contributed by atoms with E-state index in [2.05, 4.69) is 31.2 Å². The molecule has 0 spiro atoms. The highest BCUT2D eigenvalue weighted by Crippen LogP contribution is 2.57. The largest absolute Gasteiger partial charge is 0.380 e. The number of benzene rings is 1. The summed E-state index contributed by atoms with van der Waals surface area (Å²) in [6.07, 6.45) is 6.81. The van der Waals surface area contributed by atoms with Crippen LogP contribution in [-0.4, -0.2) is 29.3 Å². The van der Waals surface area contributed by atoms with Crippen LogP contribution in [0.15, 0.2) is 29.2 Å². The first kappa shape index (κ1) is 13.9. The zero-order valence-corrected chi connectivity index (χ0v) is 12.4. The molecule has 1 aliphatic rings. The Kier molecular flexibility index (Phi) is 4.36. The average molecular weight is 268 g/mol. The van der Waals surface area contributed by atoms with Crippen LogP contribution in [0.5, 0.6) is 0 Å². The van der Waals surface area contributed by atoms with E-state index in [0.717, 1.165) is 17.7 Å². The maximum atomic E-state index is 11.0. The Labute approximate surface area is 112 Å². The van der Waals surface area contributed by atoms with Gasteiger partial charge in [0.05, 0.1) is 6.10 Å². The van der Waals surface area contributed by atoms with Crippen molar-refractivity contribution in [1.29, 1.82) is 0 Å². The molecular weight excluding hydrogens is 244 g/mol. The molecule has 3 atom stereocenters. The molecule has 1 fully saturated rings. The quantitative estimate of drug-likeness (QED) is 0.889. The molecule has 1 aromatic rings. The monoisotopic (exact) mass is 268 g/mol. The van der Waals surface area contributed by atoms with Gasteiger partial charge in [0.15, 0.2) is 0 Å². The van der Waals surface area contributed by atoms with Gasteiger partial charge in [-0.1, -0.05) is 30.5 Å². The van der Waals surface area contributed by atoms with E-state index < -0.39 is 10.3 Å². The van der Waals surface area contributed by atoms with Crippen LogP contribution in [0.25, 0.3) is 0 Å². The van der Waals surface area contributed by atoms with Crippen LogP contribution in [0.4, 0.5) is 0 Å². The standard InChI is InChI=1S/C15H24O2S/c1-12-8-10-13(11-9-12)18(3,16)15-7-5-4-6-14(15)17-2/h8-11,14-16H,4-7H2,1-3H3. The molecule has 0 radical (unpaired) electrons. The van der Waals surface area contributed by atoms with Gasteiger partial charge in [-0.25, -0.2) is 0 Å². The summed E-state index contributed by atoms with van der Waals surface area (Å²) < 4.78 is 16.6. The van der Waals surface area contributed by atoms with E-state index in [4.69, 9.17) is 4.74 Å². The molecule has 3 heteroatoms. The minimum atomic E-state index is -1.77. The molecule has 1 aromatic carbocycles. The first-order chi connectivity index (χ1) is 8.55. The zero-order chi connectivity index (χ0) is 13.2. The van der Waals surface area contributed by atoms with Crippen molar-refractivity contribution in [3.05, 3.63) is 29.8 Å². The molecule has 0 aliphatic heterocycles. The van der Waals surface area contributed by atoms with E-state index in [-0.39, 0.29) is 11.4 Å². The second kappa shape index (κ2) is 5.64. The van der Waals surface area contributed by atoms with Gasteiger partial charge in [-0.05, 0) is 38.2 Å². The van der Waals surface area contributed by atoms with E-state index >= 15 is 0 Å². The van der Waals surface area contributed by atoms with Gasteiger partial charge in [-0.2, -0.15) is 0 Å². The Bertz CT molecular complexity index is 386.